The maximum Gasteiger partial charge on any atom is 0.307 e. The first-order valence-electron chi connectivity index (χ1n) is 6.50. The predicted octanol–water partition coefficient (Wildman–Crippen LogP) is 2.45. The van der Waals surface area contributed by atoms with Crippen molar-refractivity contribution in [1.82, 2.24) is 5.32 Å². The van der Waals surface area contributed by atoms with Crippen LogP contribution in [-0.2, 0) is 14.3 Å². The Balaban J connectivity index is 2.81. The summed E-state index contributed by atoms with van der Waals surface area (Å²) in [5.74, 6) is -0.442. The first-order chi connectivity index (χ1) is 9.08. The third kappa shape index (κ3) is 4.73. The van der Waals surface area contributed by atoms with Gasteiger partial charge in [-0.3, -0.25) is 9.59 Å². The van der Waals surface area contributed by atoms with Crippen LogP contribution < -0.4 is 5.32 Å². The van der Waals surface area contributed by atoms with Crippen molar-refractivity contribution in [3.8, 4) is 0 Å². The summed E-state index contributed by atoms with van der Waals surface area (Å²) in [6.45, 7) is 3.83. The second kappa shape index (κ2) is 7.56. The van der Waals surface area contributed by atoms with Crippen molar-refractivity contribution in [2.75, 3.05) is 7.11 Å². The minimum atomic E-state index is -0.338. The molecule has 0 saturated heterocycles. The minimum Gasteiger partial charge on any atom is -0.469 e. The van der Waals surface area contributed by atoms with E-state index in [-0.39, 0.29) is 30.3 Å². The average molecular weight is 263 g/mol. The summed E-state index contributed by atoms with van der Waals surface area (Å²) in [6, 6.07) is 9.11. The van der Waals surface area contributed by atoms with Crippen molar-refractivity contribution < 1.29 is 14.3 Å². The molecular weight excluding hydrogens is 242 g/mol. The number of hydrogen-bond acceptors (Lipinski definition) is 3. The van der Waals surface area contributed by atoms with E-state index >= 15 is 0 Å². The molecule has 2 atom stereocenters. The highest BCUT2D eigenvalue weighted by molar-refractivity contribution is 5.79. The molecular formula is C15H21NO3. The molecule has 0 aliphatic heterocycles. The van der Waals surface area contributed by atoms with Gasteiger partial charge < -0.3 is 10.1 Å². The van der Waals surface area contributed by atoms with E-state index in [9.17, 15) is 9.59 Å². The number of esters is 1. The second-order valence-electron chi connectivity index (χ2n) is 4.56. The molecule has 0 heterocycles. The van der Waals surface area contributed by atoms with Gasteiger partial charge in [0.2, 0.25) is 5.91 Å². The molecule has 0 saturated carbocycles. The van der Waals surface area contributed by atoms with Crippen molar-refractivity contribution in [3.05, 3.63) is 35.9 Å². The Morgan fingerprint density at radius 1 is 1.26 bits per heavy atom. The molecule has 19 heavy (non-hydrogen) atoms. The Hall–Kier alpha value is -1.84. The van der Waals surface area contributed by atoms with Gasteiger partial charge in [-0.05, 0) is 12.0 Å². The number of benzene rings is 1. The molecule has 4 nitrogen and oxygen atoms in total. The molecule has 1 N–H and O–H groups in total. The largest absolute Gasteiger partial charge is 0.469 e. The minimum absolute atomic E-state index is 0.0414. The monoisotopic (exact) mass is 263 g/mol. The topological polar surface area (TPSA) is 55.4 Å². The summed E-state index contributed by atoms with van der Waals surface area (Å²) in [6.07, 6.45) is 0.911. The molecule has 1 amide bonds. The lowest BCUT2D eigenvalue weighted by atomic mass is 10.0. The molecule has 0 aliphatic carbocycles. The molecule has 0 unspecified atom stereocenters. The van der Waals surface area contributed by atoms with Crippen LogP contribution in [-0.4, -0.2) is 19.0 Å². The van der Waals surface area contributed by atoms with Gasteiger partial charge in [0.25, 0.3) is 0 Å². The van der Waals surface area contributed by atoms with Gasteiger partial charge in [-0.15, -0.1) is 0 Å². The van der Waals surface area contributed by atoms with Crippen LogP contribution in [0.15, 0.2) is 30.3 Å². The van der Waals surface area contributed by atoms with Crippen LogP contribution in [0.3, 0.4) is 0 Å². The van der Waals surface area contributed by atoms with Crippen molar-refractivity contribution in [1.29, 1.82) is 0 Å². The zero-order chi connectivity index (χ0) is 14.3. The molecule has 0 bridgehead atoms. The lowest BCUT2D eigenvalue weighted by Gasteiger charge is -2.20. The van der Waals surface area contributed by atoms with E-state index in [1.165, 1.54) is 7.11 Å². The van der Waals surface area contributed by atoms with Crippen LogP contribution in [0, 0.1) is 5.92 Å². The lowest BCUT2D eigenvalue weighted by molar-refractivity contribution is -0.141. The Bertz CT molecular complexity index is 417. The van der Waals surface area contributed by atoms with Gasteiger partial charge in [-0.25, -0.2) is 0 Å². The number of ether oxygens (including phenoxy) is 1. The van der Waals surface area contributed by atoms with E-state index in [1.807, 2.05) is 44.2 Å². The van der Waals surface area contributed by atoms with Crippen molar-refractivity contribution >= 4 is 11.9 Å². The SMILES string of the molecule is CC[C@H](C)C(=O)N[C@H](CC(=O)OC)c1ccccc1. The average Bonchev–Trinajstić information content (AvgIpc) is 2.46. The van der Waals surface area contributed by atoms with Gasteiger partial charge >= 0.3 is 5.97 Å². The normalized spacial score (nSPS) is 13.4. The predicted molar refractivity (Wildman–Crippen MR) is 73.4 cm³/mol. The fourth-order valence-electron chi connectivity index (χ4n) is 1.69. The van der Waals surface area contributed by atoms with Crippen molar-refractivity contribution in [3.63, 3.8) is 0 Å². The van der Waals surface area contributed by atoms with E-state index < -0.39 is 0 Å². The molecule has 0 radical (unpaired) electrons. The van der Waals surface area contributed by atoms with Gasteiger partial charge in [0.1, 0.15) is 0 Å². The van der Waals surface area contributed by atoms with E-state index in [0.29, 0.717) is 0 Å². The summed E-state index contributed by atoms with van der Waals surface area (Å²) in [5, 5.41) is 2.91. The summed E-state index contributed by atoms with van der Waals surface area (Å²) in [7, 11) is 1.35. The highest BCUT2D eigenvalue weighted by Gasteiger charge is 2.20. The van der Waals surface area contributed by atoms with Crippen LogP contribution >= 0.6 is 0 Å². The molecule has 0 aromatic heterocycles. The highest BCUT2D eigenvalue weighted by atomic mass is 16.5. The zero-order valence-electron chi connectivity index (χ0n) is 11.7. The van der Waals surface area contributed by atoms with Crippen LogP contribution in [0.5, 0.6) is 0 Å². The number of hydrogen-bond donors (Lipinski definition) is 1. The number of methoxy groups -OCH3 is 1. The van der Waals surface area contributed by atoms with Crippen LogP contribution in [0.2, 0.25) is 0 Å². The number of amides is 1. The Morgan fingerprint density at radius 3 is 2.42 bits per heavy atom. The van der Waals surface area contributed by atoms with Gasteiger partial charge in [0.05, 0.1) is 19.6 Å². The summed E-state index contributed by atoms with van der Waals surface area (Å²) < 4.78 is 4.68. The van der Waals surface area contributed by atoms with E-state index in [0.717, 1.165) is 12.0 Å². The first kappa shape index (κ1) is 15.2. The van der Waals surface area contributed by atoms with Crippen LogP contribution in [0.1, 0.15) is 38.3 Å². The number of rotatable bonds is 6. The van der Waals surface area contributed by atoms with Gasteiger partial charge in [-0.1, -0.05) is 44.2 Å². The number of carbonyl (C=O) groups is 2. The summed E-state index contributed by atoms with van der Waals surface area (Å²) >= 11 is 0. The Labute approximate surface area is 114 Å². The number of carbonyl (C=O) groups excluding carboxylic acids is 2. The first-order valence-corrected chi connectivity index (χ1v) is 6.50. The van der Waals surface area contributed by atoms with Gasteiger partial charge in [0, 0.05) is 5.92 Å². The fourth-order valence-corrected chi connectivity index (χ4v) is 1.69. The van der Waals surface area contributed by atoms with E-state index in [1.54, 1.807) is 0 Å². The van der Waals surface area contributed by atoms with Crippen molar-refractivity contribution in [2.45, 2.75) is 32.7 Å². The third-order valence-corrected chi connectivity index (χ3v) is 3.18. The lowest BCUT2D eigenvalue weighted by Crippen LogP contribution is -2.34. The highest BCUT2D eigenvalue weighted by Crippen LogP contribution is 2.18. The number of nitrogens with one attached hydrogen (secondary N) is 1. The molecule has 104 valence electrons. The van der Waals surface area contributed by atoms with Gasteiger partial charge in [-0.2, -0.15) is 0 Å². The molecule has 1 aromatic carbocycles. The van der Waals surface area contributed by atoms with E-state index in [4.69, 9.17) is 0 Å². The maximum atomic E-state index is 12.0. The second-order valence-corrected chi connectivity index (χ2v) is 4.56. The molecule has 0 fully saturated rings. The standard InChI is InChI=1S/C15H21NO3/c1-4-11(2)15(18)16-13(10-14(17)19-3)12-8-6-5-7-9-12/h5-9,11,13H,4,10H2,1-3H3,(H,16,18)/t11-,13+/m0/s1. The van der Waals surface area contributed by atoms with Crippen LogP contribution in [0.4, 0.5) is 0 Å². The third-order valence-electron chi connectivity index (χ3n) is 3.18. The summed E-state index contributed by atoms with van der Waals surface area (Å²) in [5.41, 5.74) is 0.907. The zero-order valence-corrected chi connectivity index (χ0v) is 11.7. The fraction of sp³-hybridized carbons (Fsp3) is 0.467. The summed E-state index contributed by atoms with van der Waals surface area (Å²) in [4.78, 5) is 23.4. The quantitative estimate of drug-likeness (QED) is 0.802. The molecule has 0 aliphatic rings. The Morgan fingerprint density at radius 2 is 1.89 bits per heavy atom. The van der Waals surface area contributed by atoms with E-state index in [2.05, 4.69) is 10.1 Å². The van der Waals surface area contributed by atoms with Crippen LogP contribution in [0.25, 0.3) is 0 Å². The Kier molecular flexibility index (Phi) is 6.06. The molecule has 4 heteroatoms. The smallest absolute Gasteiger partial charge is 0.307 e. The van der Waals surface area contributed by atoms with Gasteiger partial charge in [0.15, 0.2) is 0 Å². The van der Waals surface area contributed by atoms with Crippen molar-refractivity contribution in [2.24, 2.45) is 5.92 Å². The molecule has 0 spiro atoms. The molecule has 1 aromatic rings. The molecule has 1 rings (SSSR count). The maximum absolute atomic E-state index is 12.0.